The molecule has 0 radical (unpaired) electrons. The highest BCUT2D eigenvalue weighted by molar-refractivity contribution is 7.52. The number of benzene rings is 1. The Kier molecular flexibility index (Phi) is 9.14. The van der Waals surface area contributed by atoms with Gasteiger partial charge in [0.15, 0.2) is 23.6 Å². The molecule has 1 aliphatic heterocycles. The van der Waals surface area contributed by atoms with E-state index in [0.717, 1.165) is 0 Å². The average Bonchev–Trinajstić information content (AvgIpc) is 3.41. The molecule has 16 heteroatoms. The molecule has 1 aromatic carbocycles. The van der Waals surface area contributed by atoms with Gasteiger partial charge in [0.05, 0.1) is 25.6 Å². The number of nitrogens with zero attached hydrogens (tertiary/aromatic N) is 4. The lowest BCUT2D eigenvalue weighted by atomic mass is 9.98. The topological polar surface area (TPSA) is 182 Å². The highest BCUT2D eigenvalue weighted by Crippen LogP contribution is 2.48. The van der Waals surface area contributed by atoms with Crippen molar-refractivity contribution >= 4 is 30.8 Å². The number of halogens is 1. The zero-order chi connectivity index (χ0) is 29.9. The van der Waals surface area contributed by atoms with Crippen molar-refractivity contribution in [3.05, 3.63) is 36.7 Å². The Morgan fingerprint density at radius 3 is 2.66 bits per heavy atom. The largest absolute Gasteiger partial charge is 0.476 e. The van der Waals surface area contributed by atoms with Crippen molar-refractivity contribution in [2.24, 2.45) is 0 Å². The molecule has 1 saturated heterocycles. The number of nitrogens with two attached hydrogens (primary N) is 1. The van der Waals surface area contributed by atoms with Crippen LogP contribution in [0, 0.1) is 0 Å². The van der Waals surface area contributed by atoms with E-state index in [0.29, 0.717) is 0 Å². The van der Waals surface area contributed by atoms with Gasteiger partial charge in [0.2, 0.25) is 11.8 Å². The van der Waals surface area contributed by atoms with Gasteiger partial charge in [-0.3, -0.25) is 13.9 Å². The third-order valence-electron chi connectivity index (χ3n) is 6.06. The minimum absolute atomic E-state index is 0.118. The lowest BCUT2D eigenvalue weighted by molar-refractivity contribution is -0.149. The summed E-state index contributed by atoms with van der Waals surface area (Å²) in [4.78, 5) is 24.8. The van der Waals surface area contributed by atoms with Crippen LogP contribution in [0.4, 0.5) is 10.3 Å². The van der Waals surface area contributed by atoms with Crippen LogP contribution < -0.4 is 20.1 Å². The third-order valence-corrected chi connectivity index (χ3v) is 7.71. The van der Waals surface area contributed by atoms with E-state index in [1.165, 1.54) is 36.9 Å². The summed E-state index contributed by atoms with van der Waals surface area (Å²) in [5.74, 6) is -0.511. The van der Waals surface area contributed by atoms with Crippen molar-refractivity contribution in [1.29, 1.82) is 0 Å². The minimum atomic E-state index is -4.31. The second-order valence-electron chi connectivity index (χ2n) is 9.83. The van der Waals surface area contributed by atoms with Crippen LogP contribution in [-0.2, 0) is 23.4 Å². The second-order valence-corrected chi connectivity index (χ2v) is 11.5. The molecule has 0 amide bonds. The third kappa shape index (κ3) is 6.76. The quantitative estimate of drug-likeness (QED) is 0.205. The number of hydrogen-bond donors (Lipinski definition) is 3. The van der Waals surface area contributed by atoms with Gasteiger partial charge >= 0.3 is 13.7 Å². The summed E-state index contributed by atoms with van der Waals surface area (Å²) in [5, 5.41) is 13.7. The molecule has 3 heterocycles. The Bertz CT molecular complexity index is 1410. The summed E-state index contributed by atoms with van der Waals surface area (Å²) in [5.41, 5.74) is 4.12. The number of para-hydroxylation sites is 1. The fraction of sp³-hybridized carbons (Fsp3) is 0.520. The number of nitrogen functional groups attached to an aromatic ring is 1. The van der Waals surface area contributed by atoms with E-state index in [2.05, 4.69) is 20.0 Å². The number of carbonyl (C=O) groups excluding carboxylic acids is 1. The molecule has 0 aliphatic carbocycles. The van der Waals surface area contributed by atoms with Crippen LogP contribution >= 0.6 is 7.75 Å². The number of hydrogen-bond acceptors (Lipinski definition) is 12. The number of anilines is 1. The van der Waals surface area contributed by atoms with Gasteiger partial charge in [-0.25, -0.2) is 13.9 Å². The Labute approximate surface area is 235 Å². The van der Waals surface area contributed by atoms with E-state index in [1.54, 1.807) is 39.0 Å². The molecule has 41 heavy (non-hydrogen) atoms. The fourth-order valence-electron chi connectivity index (χ4n) is 4.18. The van der Waals surface area contributed by atoms with Crippen LogP contribution in [0.1, 0.15) is 40.8 Å². The summed E-state index contributed by atoms with van der Waals surface area (Å²) in [7, 11) is -4.31. The normalized spacial score (nSPS) is 24.7. The van der Waals surface area contributed by atoms with Crippen LogP contribution in [0.15, 0.2) is 36.7 Å². The molecular formula is C25H34FN6O8P. The monoisotopic (exact) mass is 596 g/mol. The summed E-state index contributed by atoms with van der Waals surface area (Å²) < 4.78 is 58.4. The maximum Gasteiger partial charge on any atom is 0.459 e. The fourth-order valence-corrected chi connectivity index (χ4v) is 5.68. The molecule has 0 saturated carbocycles. The molecule has 1 fully saturated rings. The predicted octanol–water partition coefficient (Wildman–Crippen LogP) is 2.93. The number of nitrogens with one attached hydrogen (secondary N) is 1. The standard InChI is InChI=1S/C25H34FN6O8P/c1-6-36-21-18-20(29-24(27)30-21)32(13-28-18)23-25(5,34)19(26)17(39-23)12-37-41(35,40-16-10-8-7-9-11-16)31-15(4)22(33)38-14(2)3/h7-11,13-15,17,19,23,34H,6,12H2,1-5H3,(H,31,35)(H2,27,29,30). The molecule has 6 unspecified atom stereocenters. The molecule has 0 bridgehead atoms. The number of aliphatic hydroxyl groups is 1. The molecule has 224 valence electrons. The zero-order valence-electron chi connectivity index (χ0n) is 23.3. The van der Waals surface area contributed by atoms with E-state index in [9.17, 15) is 14.5 Å². The smallest absolute Gasteiger partial charge is 0.459 e. The number of imidazole rings is 1. The molecule has 14 nitrogen and oxygen atoms in total. The second kappa shape index (κ2) is 12.2. The van der Waals surface area contributed by atoms with Crippen LogP contribution in [0.25, 0.3) is 11.2 Å². The Balaban J connectivity index is 1.56. The summed E-state index contributed by atoms with van der Waals surface area (Å²) >= 11 is 0. The molecule has 0 spiro atoms. The van der Waals surface area contributed by atoms with E-state index in [4.69, 9.17) is 29.0 Å². The summed E-state index contributed by atoms with van der Waals surface area (Å²) in [6, 6.07) is 7.00. The van der Waals surface area contributed by atoms with Crippen molar-refractivity contribution in [2.75, 3.05) is 18.9 Å². The van der Waals surface area contributed by atoms with Gasteiger partial charge in [0.1, 0.15) is 23.5 Å². The van der Waals surface area contributed by atoms with Crippen LogP contribution in [0.2, 0.25) is 0 Å². The number of ether oxygens (including phenoxy) is 3. The van der Waals surface area contributed by atoms with E-state index >= 15 is 4.39 Å². The Morgan fingerprint density at radius 2 is 2.00 bits per heavy atom. The van der Waals surface area contributed by atoms with Gasteiger partial charge in [-0.05, 0) is 46.8 Å². The lowest BCUT2D eigenvalue weighted by Crippen LogP contribution is -2.42. The first kappa shape index (κ1) is 30.6. The van der Waals surface area contributed by atoms with Gasteiger partial charge in [-0.2, -0.15) is 15.1 Å². The number of fused-ring (bicyclic) bond motifs is 1. The van der Waals surface area contributed by atoms with Crippen LogP contribution in [0.5, 0.6) is 11.6 Å². The number of aromatic nitrogens is 4. The van der Waals surface area contributed by atoms with Crippen molar-refractivity contribution in [3.63, 3.8) is 0 Å². The molecule has 2 aromatic heterocycles. The van der Waals surface area contributed by atoms with Crippen LogP contribution in [0.3, 0.4) is 0 Å². The number of alkyl halides is 1. The average molecular weight is 597 g/mol. The SMILES string of the molecule is CCOc1nc(N)nc2c1ncn2C1OC(COP(=O)(NC(C)C(=O)OC(C)C)Oc2ccccc2)C(F)C1(C)O. The maximum absolute atomic E-state index is 15.6. The Morgan fingerprint density at radius 1 is 1.29 bits per heavy atom. The highest BCUT2D eigenvalue weighted by Gasteiger charge is 2.55. The van der Waals surface area contributed by atoms with Gasteiger partial charge in [-0.15, -0.1) is 0 Å². The number of carbonyl (C=O) groups is 1. The predicted molar refractivity (Wildman–Crippen MR) is 145 cm³/mol. The van der Waals surface area contributed by atoms with Crippen molar-refractivity contribution in [1.82, 2.24) is 24.6 Å². The van der Waals surface area contributed by atoms with Crippen molar-refractivity contribution in [2.45, 2.75) is 70.9 Å². The minimum Gasteiger partial charge on any atom is -0.476 e. The van der Waals surface area contributed by atoms with Gasteiger partial charge in [0, 0.05) is 0 Å². The highest BCUT2D eigenvalue weighted by atomic mass is 31.2. The first-order valence-corrected chi connectivity index (χ1v) is 14.5. The van der Waals surface area contributed by atoms with Crippen molar-refractivity contribution in [3.8, 4) is 11.6 Å². The lowest BCUT2D eigenvalue weighted by Gasteiger charge is -2.26. The van der Waals surface area contributed by atoms with Crippen LogP contribution in [-0.4, -0.2) is 73.8 Å². The van der Waals surface area contributed by atoms with Gasteiger partial charge in [0.25, 0.3) is 0 Å². The molecule has 6 atom stereocenters. The van der Waals surface area contributed by atoms with Gasteiger partial charge in [-0.1, -0.05) is 18.2 Å². The molecule has 1 aliphatic rings. The first-order valence-electron chi connectivity index (χ1n) is 13.0. The number of rotatable bonds is 12. The zero-order valence-corrected chi connectivity index (χ0v) is 24.2. The molecule has 4 rings (SSSR count). The summed E-state index contributed by atoms with van der Waals surface area (Å²) in [6.07, 6.45) is -3.87. The molecule has 3 aromatic rings. The van der Waals surface area contributed by atoms with E-state index < -0.39 is 56.6 Å². The number of esters is 1. The molecule has 4 N–H and O–H groups in total. The van der Waals surface area contributed by atoms with E-state index in [1.807, 2.05) is 0 Å². The maximum atomic E-state index is 15.6. The molecular weight excluding hydrogens is 562 g/mol. The van der Waals surface area contributed by atoms with Crippen molar-refractivity contribution < 1.29 is 42.1 Å². The van der Waals surface area contributed by atoms with Gasteiger partial charge < -0.3 is 29.6 Å². The van der Waals surface area contributed by atoms with E-state index in [-0.39, 0.29) is 35.3 Å². The summed E-state index contributed by atoms with van der Waals surface area (Å²) in [6.45, 7) is 7.43. The first-order chi connectivity index (χ1) is 19.3. The Hall–Kier alpha value is -3.36.